The zero-order chi connectivity index (χ0) is 18.4. The Hall–Kier alpha value is -0.850. The van der Waals surface area contributed by atoms with Gasteiger partial charge in [-0.3, -0.25) is 0 Å². The number of ether oxygens (including phenoxy) is 4. The highest BCUT2D eigenvalue weighted by Gasteiger charge is 1.96. The SMILES string of the molecule is CCCCCCCCCCCCOCCOCCOCCOC(=O)O. The highest BCUT2D eigenvalue weighted by Crippen LogP contribution is 2.10. The fraction of sp³-hybridized carbons (Fsp3) is 0.947. The van der Waals surface area contributed by atoms with Crippen LogP contribution in [0.25, 0.3) is 0 Å². The van der Waals surface area contributed by atoms with Gasteiger partial charge in [0.2, 0.25) is 0 Å². The molecule has 1 N–H and O–H groups in total. The van der Waals surface area contributed by atoms with E-state index in [0.717, 1.165) is 13.0 Å². The maximum atomic E-state index is 10.1. The molecule has 0 spiro atoms. The molecule has 0 aliphatic carbocycles. The first kappa shape index (κ1) is 24.1. The fourth-order valence-corrected chi connectivity index (χ4v) is 2.42. The lowest BCUT2D eigenvalue weighted by atomic mass is 10.1. The summed E-state index contributed by atoms with van der Waals surface area (Å²) in [5.41, 5.74) is 0. The molecule has 0 amide bonds. The van der Waals surface area contributed by atoms with Crippen LogP contribution in [0, 0.1) is 0 Å². The normalized spacial score (nSPS) is 10.9. The van der Waals surface area contributed by atoms with E-state index in [0.29, 0.717) is 26.4 Å². The van der Waals surface area contributed by atoms with E-state index in [4.69, 9.17) is 19.3 Å². The Morgan fingerprint density at radius 1 is 0.600 bits per heavy atom. The fourth-order valence-electron chi connectivity index (χ4n) is 2.42. The van der Waals surface area contributed by atoms with Gasteiger partial charge in [0, 0.05) is 6.61 Å². The van der Waals surface area contributed by atoms with E-state index in [9.17, 15) is 4.79 Å². The van der Waals surface area contributed by atoms with E-state index in [-0.39, 0.29) is 13.2 Å². The molecule has 0 saturated carbocycles. The van der Waals surface area contributed by atoms with E-state index in [2.05, 4.69) is 11.7 Å². The van der Waals surface area contributed by atoms with E-state index < -0.39 is 6.16 Å². The molecule has 0 aromatic rings. The zero-order valence-corrected chi connectivity index (χ0v) is 16.0. The highest BCUT2D eigenvalue weighted by molar-refractivity contribution is 5.56. The van der Waals surface area contributed by atoms with Crippen molar-refractivity contribution in [3.05, 3.63) is 0 Å². The molecule has 0 aliphatic rings. The van der Waals surface area contributed by atoms with Gasteiger partial charge in [0.1, 0.15) is 6.61 Å². The zero-order valence-electron chi connectivity index (χ0n) is 16.0. The molecule has 0 fully saturated rings. The van der Waals surface area contributed by atoms with Gasteiger partial charge in [0.05, 0.1) is 33.0 Å². The van der Waals surface area contributed by atoms with Crippen molar-refractivity contribution in [1.82, 2.24) is 0 Å². The molecule has 0 atom stereocenters. The van der Waals surface area contributed by atoms with Crippen LogP contribution in [0.15, 0.2) is 0 Å². The number of carboxylic acid groups (broad SMARTS) is 1. The van der Waals surface area contributed by atoms with E-state index in [1.54, 1.807) is 0 Å². The molecule has 25 heavy (non-hydrogen) atoms. The van der Waals surface area contributed by atoms with Crippen LogP contribution in [0.1, 0.15) is 71.1 Å². The first-order valence-corrected chi connectivity index (χ1v) is 9.86. The third-order valence-electron chi connectivity index (χ3n) is 3.84. The molecule has 0 radical (unpaired) electrons. The van der Waals surface area contributed by atoms with Crippen molar-refractivity contribution in [3.8, 4) is 0 Å². The van der Waals surface area contributed by atoms with Crippen LogP contribution < -0.4 is 0 Å². The lowest BCUT2D eigenvalue weighted by molar-refractivity contribution is 0.00113. The Morgan fingerprint density at radius 2 is 1.00 bits per heavy atom. The van der Waals surface area contributed by atoms with Crippen molar-refractivity contribution in [1.29, 1.82) is 0 Å². The Kier molecular flexibility index (Phi) is 20.5. The number of carbonyl (C=O) groups is 1. The number of hydrogen-bond acceptors (Lipinski definition) is 5. The molecular weight excluding hydrogens is 324 g/mol. The number of unbranched alkanes of at least 4 members (excludes halogenated alkanes) is 9. The molecule has 0 aliphatic heterocycles. The second-order valence-corrected chi connectivity index (χ2v) is 6.13. The Balaban J connectivity index is 2.97. The summed E-state index contributed by atoms with van der Waals surface area (Å²) >= 11 is 0. The van der Waals surface area contributed by atoms with Crippen molar-refractivity contribution in [3.63, 3.8) is 0 Å². The third-order valence-corrected chi connectivity index (χ3v) is 3.84. The lowest BCUT2D eigenvalue weighted by Gasteiger charge is -2.07. The molecule has 0 unspecified atom stereocenters. The molecule has 0 bridgehead atoms. The van der Waals surface area contributed by atoms with Crippen LogP contribution in [0.3, 0.4) is 0 Å². The second-order valence-electron chi connectivity index (χ2n) is 6.13. The first-order chi connectivity index (χ1) is 12.3. The van der Waals surface area contributed by atoms with Gasteiger partial charge in [-0.2, -0.15) is 0 Å². The minimum Gasteiger partial charge on any atom is -0.450 e. The average molecular weight is 363 g/mol. The van der Waals surface area contributed by atoms with Crippen LogP contribution in [0.2, 0.25) is 0 Å². The standard InChI is InChI=1S/C19H38O6/c1-2-3-4-5-6-7-8-9-10-11-12-22-13-14-23-15-16-24-17-18-25-19(20)21/h2-18H2,1H3,(H,20,21). The van der Waals surface area contributed by atoms with Crippen molar-refractivity contribution < 1.29 is 28.8 Å². The minimum absolute atomic E-state index is 0.0529. The summed E-state index contributed by atoms with van der Waals surface area (Å²) in [7, 11) is 0. The van der Waals surface area contributed by atoms with Gasteiger partial charge in [-0.05, 0) is 6.42 Å². The van der Waals surface area contributed by atoms with Crippen molar-refractivity contribution in [2.45, 2.75) is 71.1 Å². The molecule has 6 nitrogen and oxygen atoms in total. The maximum Gasteiger partial charge on any atom is 0.505 e. The average Bonchev–Trinajstić information content (AvgIpc) is 2.60. The monoisotopic (exact) mass is 362 g/mol. The molecule has 0 rings (SSSR count). The molecule has 0 heterocycles. The summed E-state index contributed by atoms with van der Waals surface area (Å²) < 4.78 is 20.3. The number of hydrogen-bond donors (Lipinski definition) is 1. The molecule has 0 aromatic carbocycles. The van der Waals surface area contributed by atoms with Gasteiger partial charge >= 0.3 is 6.16 Å². The summed E-state index contributed by atoms with van der Waals surface area (Å²) in [6, 6.07) is 0. The summed E-state index contributed by atoms with van der Waals surface area (Å²) in [5.74, 6) is 0. The van der Waals surface area contributed by atoms with Gasteiger partial charge < -0.3 is 24.1 Å². The number of rotatable bonds is 20. The third kappa shape index (κ3) is 23.1. The van der Waals surface area contributed by atoms with E-state index in [1.807, 2.05) is 0 Å². The van der Waals surface area contributed by atoms with Gasteiger partial charge in [-0.1, -0.05) is 64.7 Å². The largest absolute Gasteiger partial charge is 0.505 e. The van der Waals surface area contributed by atoms with Crippen LogP contribution >= 0.6 is 0 Å². The van der Waals surface area contributed by atoms with Gasteiger partial charge in [0.25, 0.3) is 0 Å². The summed E-state index contributed by atoms with van der Waals surface area (Å²) in [5, 5.41) is 8.25. The van der Waals surface area contributed by atoms with E-state index in [1.165, 1.54) is 57.8 Å². The van der Waals surface area contributed by atoms with Crippen LogP contribution in [-0.2, 0) is 18.9 Å². The van der Waals surface area contributed by atoms with Crippen molar-refractivity contribution in [2.75, 3.05) is 46.2 Å². The summed E-state index contributed by atoms with van der Waals surface area (Å²) in [6.45, 7) is 5.46. The summed E-state index contributed by atoms with van der Waals surface area (Å²) in [4.78, 5) is 10.1. The van der Waals surface area contributed by atoms with Gasteiger partial charge in [0.15, 0.2) is 0 Å². The Bertz CT molecular complexity index is 273. The molecule has 150 valence electrons. The first-order valence-electron chi connectivity index (χ1n) is 9.86. The predicted molar refractivity (Wildman–Crippen MR) is 98.3 cm³/mol. The Labute approximate surface area is 153 Å². The van der Waals surface area contributed by atoms with Crippen molar-refractivity contribution in [2.24, 2.45) is 0 Å². The Morgan fingerprint density at radius 3 is 1.48 bits per heavy atom. The van der Waals surface area contributed by atoms with Gasteiger partial charge in [-0.25, -0.2) is 4.79 Å². The van der Waals surface area contributed by atoms with Crippen LogP contribution in [-0.4, -0.2) is 57.5 Å². The maximum absolute atomic E-state index is 10.1. The smallest absolute Gasteiger partial charge is 0.450 e. The van der Waals surface area contributed by atoms with Gasteiger partial charge in [-0.15, -0.1) is 0 Å². The predicted octanol–water partition coefficient (Wildman–Crippen LogP) is 4.65. The molecular formula is C19H38O6. The molecule has 0 aromatic heterocycles. The summed E-state index contributed by atoms with van der Waals surface area (Å²) in [6.07, 6.45) is 12.1. The quantitative estimate of drug-likeness (QED) is 0.251. The van der Waals surface area contributed by atoms with E-state index >= 15 is 0 Å². The second kappa shape index (κ2) is 21.2. The highest BCUT2D eigenvalue weighted by atomic mass is 16.7. The van der Waals surface area contributed by atoms with Crippen LogP contribution in [0.4, 0.5) is 4.79 Å². The molecule has 6 heteroatoms. The molecule has 0 saturated heterocycles. The van der Waals surface area contributed by atoms with Crippen LogP contribution in [0.5, 0.6) is 0 Å². The van der Waals surface area contributed by atoms with Crippen molar-refractivity contribution >= 4 is 6.16 Å². The topological polar surface area (TPSA) is 74.2 Å². The lowest BCUT2D eigenvalue weighted by Crippen LogP contribution is -2.13. The minimum atomic E-state index is -1.28.